The average molecular weight is 405 g/mol. The number of carbonyl (C=O) groups excluding carboxylic acids is 1. The topological polar surface area (TPSA) is 60.0 Å². The van der Waals surface area contributed by atoms with Gasteiger partial charge in [-0.15, -0.1) is 0 Å². The summed E-state index contributed by atoms with van der Waals surface area (Å²) >= 11 is 6.18. The maximum absolute atomic E-state index is 12.5. The normalized spacial score (nSPS) is 13.9. The van der Waals surface area contributed by atoms with Gasteiger partial charge in [-0.05, 0) is 49.2 Å². The molecule has 0 radical (unpaired) electrons. The van der Waals surface area contributed by atoms with Crippen LogP contribution in [0, 0.1) is 13.8 Å². The van der Waals surface area contributed by atoms with Crippen LogP contribution in [0.15, 0.2) is 30.3 Å². The molecule has 6 nitrogen and oxygen atoms in total. The quantitative estimate of drug-likeness (QED) is 0.793. The Bertz CT molecular complexity index is 827. The van der Waals surface area contributed by atoms with Crippen molar-refractivity contribution in [3.8, 4) is 11.5 Å². The van der Waals surface area contributed by atoms with Crippen LogP contribution in [0.5, 0.6) is 11.5 Å². The summed E-state index contributed by atoms with van der Waals surface area (Å²) in [6.45, 7) is 6.60. The molecule has 3 rings (SSSR count). The molecule has 28 heavy (non-hydrogen) atoms. The number of methoxy groups -OCH3 is 1. The van der Waals surface area contributed by atoms with Crippen LogP contribution in [-0.4, -0.2) is 45.9 Å². The molecule has 150 valence electrons. The van der Waals surface area contributed by atoms with Crippen molar-refractivity contribution in [2.75, 3.05) is 50.2 Å². The fraction of sp³-hybridized carbons (Fsp3) is 0.381. The Morgan fingerprint density at radius 1 is 1.14 bits per heavy atom. The number of amides is 1. The minimum atomic E-state index is -0.243. The molecule has 0 unspecified atom stereocenters. The van der Waals surface area contributed by atoms with Crippen LogP contribution in [0.4, 0.5) is 11.4 Å². The number of hydrogen-bond acceptors (Lipinski definition) is 5. The van der Waals surface area contributed by atoms with Crippen LogP contribution in [0.25, 0.3) is 0 Å². The van der Waals surface area contributed by atoms with E-state index in [2.05, 4.69) is 10.2 Å². The van der Waals surface area contributed by atoms with Crippen molar-refractivity contribution < 1.29 is 19.0 Å². The van der Waals surface area contributed by atoms with Gasteiger partial charge in [-0.1, -0.05) is 11.6 Å². The number of aryl methyl sites for hydroxylation is 2. The standard InChI is InChI=1S/C21H25ClN2O4/c1-14-10-17(11-15(2)21(14)22)28-13-20(25)23-18-12-16(26-3)4-5-19(18)24-6-8-27-9-7-24/h4-5,10-12H,6-9,13H2,1-3H3,(H,23,25). The molecule has 7 heteroatoms. The van der Waals surface area contributed by atoms with Gasteiger partial charge in [-0.3, -0.25) is 4.79 Å². The van der Waals surface area contributed by atoms with E-state index in [9.17, 15) is 4.79 Å². The first-order valence-electron chi connectivity index (χ1n) is 9.18. The van der Waals surface area contributed by atoms with Crippen LogP contribution < -0.4 is 19.7 Å². The Balaban J connectivity index is 1.70. The summed E-state index contributed by atoms with van der Waals surface area (Å²) in [4.78, 5) is 14.7. The number of hydrogen-bond donors (Lipinski definition) is 1. The average Bonchev–Trinajstić information content (AvgIpc) is 2.71. The highest BCUT2D eigenvalue weighted by molar-refractivity contribution is 6.32. The Labute approximate surface area is 170 Å². The van der Waals surface area contributed by atoms with Gasteiger partial charge < -0.3 is 24.4 Å². The molecule has 0 bridgehead atoms. The first kappa shape index (κ1) is 20.3. The lowest BCUT2D eigenvalue weighted by molar-refractivity contribution is -0.118. The van der Waals surface area contributed by atoms with E-state index in [4.69, 9.17) is 25.8 Å². The minimum absolute atomic E-state index is 0.0970. The van der Waals surface area contributed by atoms with E-state index in [1.54, 1.807) is 7.11 Å². The molecule has 0 spiro atoms. The summed E-state index contributed by atoms with van der Waals surface area (Å²) in [5.74, 6) is 1.05. The molecule has 1 amide bonds. The SMILES string of the molecule is COc1ccc(N2CCOCC2)c(NC(=O)COc2cc(C)c(Cl)c(C)c2)c1. The fourth-order valence-corrected chi connectivity index (χ4v) is 3.26. The van der Waals surface area contributed by atoms with Crippen LogP contribution in [0.1, 0.15) is 11.1 Å². The maximum atomic E-state index is 12.5. The molecule has 1 aliphatic heterocycles. The summed E-state index contributed by atoms with van der Waals surface area (Å²) in [6.07, 6.45) is 0. The Hall–Kier alpha value is -2.44. The molecule has 1 aliphatic rings. The fourth-order valence-electron chi connectivity index (χ4n) is 3.15. The van der Waals surface area contributed by atoms with E-state index in [0.717, 1.165) is 29.9 Å². The first-order chi connectivity index (χ1) is 13.5. The molecular formula is C21H25ClN2O4. The van der Waals surface area contributed by atoms with E-state index in [1.165, 1.54) is 0 Å². The van der Waals surface area contributed by atoms with E-state index >= 15 is 0 Å². The summed E-state index contributed by atoms with van der Waals surface area (Å²) < 4.78 is 16.4. The number of nitrogens with zero attached hydrogens (tertiary/aromatic N) is 1. The number of morpholine rings is 1. The first-order valence-corrected chi connectivity index (χ1v) is 9.56. The summed E-state index contributed by atoms with van der Waals surface area (Å²) in [5, 5.41) is 3.65. The number of nitrogens with one attached hydrogen (secondary N) is 1. The van der Waals surface area contributed by atoms with Crippen molar-refractivity contribution in [2.24, 2.45) is 0 Å². The van der Waals surface area contributed by atoms with Gasteiger partial charge in [0.1, 0.15) is 11.5 Å². The molecule has 2 aromatic carbocycles. The maximum Gasteiger partial charge on any atom is 0.262 e. The zero-order chi connectivity index (χ0) is 20.1. The van der Waals surface area contributed by atoms with Crippen molar-refractivity contribution in [2.45, 2.75) is 13.8 Å². The molecular weight excluding hydrogens is 380 g/mol. The summed E-state index contributed by atoms with van der Waals surface area (Å²) in [6, 6.07) is 9.31. The second-order valence-electron chi connectivity index (χ2n) is 6.69. The van der Waals surface area contributed by atoms with E-state index in [0.29, 0.717) is 35.4 Å². The molecule has 0 aliphatic carbocycles. The molecule has 1 saturated heterocycles. The van der Waals surface area contributed by atoms with Gasteiger partial charge in [-0.25, -0.2) is 0 Å². The Kier molecular flexibility index (Phi) is 6.65. The molecule has 0 atom stereocenters. The second-order valence-corrected chi connectivity index (χ2v) is 7.07. The van der Waals surface area contributed by atoms with E-state index in [-0.39, 0.29) is 12.5 Å². The lowest BCUT2D eigenvalue weighted by Crippen LogP contribution is -2.37. The number of anilines is 2. The third-order valence-corrected chi connectivity index (χ3v) is 5.21. The van der Waals surface area contributed by atoms with Crippen molar-refractivity contribution in [3.05, 3.63) is 46.5 Å². The largest absolute Gasteiger partial charge is 0.497 e. The highest BCUT2D eigenvalue weighted by atomic mass is 35.5. The molecule has 1 heterocycles. The summed E-state index contributed by atoms with van der Waals surface area (Å²) in [5.41, 5.74) is 3.47. The van der Waals surface area contributed by atoms with Crippen molar-refractivity contribution in [1.82, 2.24) is 0 Å². The third kappa shape index (κ3) is 4.88. The van der Waals surface area contributed by atoms with Gasteiger partial charge in [0.05, 0.1) is 31.7 Å². The van der Waals surface area contributed by atoms with Crippen molar-refractivity contribution >= 4 is 28.9 Å². The smallest absolute Gasteiger partial charge is 0.262 e. The van der Waals surface area contributed by atoms with Crippen LogP contribution in [0.3, 0.4) is 0 Å². The lowest BCUT2D eigenvalue weighted by atomic mass is 10.1. The third-order valence-electron chi connectivity index (χ3n) is 4.61. The van der Waals surface area contributed by atoms with Crippen LogP contribution in [-0.2, 0) is 9.53 Å². The van der Waals surface area contributed by atoms with E-state index in [1.807, 2.05) is 44.2 Å². The van der Waals surface area contributed by atoms with Gasteiger partial charge >= 0.3 is 0 Å². The zero-order valence-corrected chi connectivity index (χ0v) is 17.1. The van der Waals surface area contributed by atoms with Gasteiger partial charge in [0.2, 0.25) is 0 Å². The van der Waals surface area contributed by atoms with Crippen LogP contribution in [0.2, 0.25) is 5.02 Å². The molecule has 2 aromatic rings. The van der Waals surface area contributed by atoms with Gasteiger partial charge in [0.15, 0.2) is 6.61 Å². The zero-order valence-electron chi connectivity index (χ0n) is 16.4. The monoisotopic (exact) mass is 404 g/mol. The van der Waals surface area contributed by atoms with Gasteiger partial charge in [-0.2, -0.15) is 0 Å². The molecule has 0 saturated carbocycles. The van der Waals surface area contributed by atoms with Gasteiger partial charge in [0, 0.05) is 24.2 Å². The van der Waals surface area contributed by atoms with Crippen molar-refractivity contribution in [3.63, 3.8) is 0 Å². The van der Waals surface area contributed by atoms with E-state index < -0.39 is 0 Å². The Morgan fingerprint density at radius 3 is 2.46 bits per heavy atom. The molecule has 0 aromatic heterocycles. The van der Waals surface area contributed by atoms with Gasteiger partial charge in [0.25, 0.3) is 5.91 Å². The van der Waals surface area contributed by atoms with Crippen LogP contribution >= 0.6 is 11.6 Å². The predicted octanol–water partition coefficient (Wildman–Crippen LogP) is 3.82. The number of rotatable bonds is 6. The van der Waals surface area contributed by atoms with Crippen molar-refractivity contribution in [1.29, 1.82) is 0 Å². The Morgan fingerprint density at radius 2 is 1.82 bits per heavy atom. The minimum Gasteiger partial charge on any atom is -0.497 e. The highest BCUT2D eigenvalue weighted by Gasteiger charge is 2.17. The number of benzene rings is 2. The predicted molar refractivity (Wildman–Crippen MR) is 111 cm³/mol. The summed E-state index contributed by atoms with van der Waals surface area (Å²) in [7, 11) is 1.60. The number of halogens is 1. The number of ether oxygens (including phenoxy) is 3. The molecule has 1 fully saturated rings. The molecule has 1 N–H and O–H groups in total. The number of carbonyl (C=O) groups is 1. The second kappa shape index (κ2) is 9.17. The highest BCUT2D eigenvalue weighted by Crippen LogP contribution is 2.31. The lowest BCUT2D eigenvalue weighted by Gasteiger charge is -2.30.